The van der Waals surface area contributed by atoms with Crippen LogP contribution in [-0.4, -0.2) is 59.9 Å². The molecule has 1 saturated heterocycles. The molecule has 0 spiro atoms. The molecular formula is C20H22N4O2S. The summed E-state index contributed by atoms with van der Waals surface area (Å²) >= 11 is 1.66. The molecule has 27 heavy (non-hydrogen) atoms. The highest BCUT2D eigenvalue weighted by Crippen LogP contribution is 2.31. The maximum atomic E-state index is 9.15. The second kappa shape index (κ2) is 8.61. The third-order valence-electron chi connectivity index (χ3n) is 4.93. The van der Waals surface area contributed by atoms with Gasteiger partial charge in [0.15, 0.2) is 5.76 Å². The fraction of sp³-hybridized carbons (Fsp3) is 0.400. The van der Waals surface area contributed by atoms with Gasteiger partial charge in [0.05, 0.1) is 11.3 Å². The lowest BCUT2D eigenvalue weighted by Gasteiger charge is -2.38. The lowest BCUT2D eigenvalue weighted by atomic mass is 10.0. The number of hydrogen-bond acceptors (Lipinski definition) is 7. The minimum Gasteiger partial charge on any atom is -0.366 e. The standard InChI is InChI=1S/C20H22N4O2S/c21-15-17-4-2-7-22-20(17)27-14-12-23-8-10-24(11-9-23)18-5-1-3-16-6-13-25-26-19(16)18/h1-2,4-7H,3,8-14H2. The molecule has 3 heterocycles. The van der Waals surface area contributed by atoms with Gasteiger partial charge in [0, 0.05) is 50.2 Å². The first kappa shape index (κ1) is 18.1. The van der Waals surface area contributed by atoms with E-state index < -0.39 is 0 Å². The Balaban J connectivity index is 1.29. The Kier molecular flexibility index (Phi) is 5.78. The molecule has 0 unspecified atom stereocenters. The number of rotatable bonds is 5. The first-order valence-electron chi connectivity index (χ1n) is 9.20. The molecule has 0 aromatic carbocycles. The topological polar surface area (TPSA) is 61.6 Å². The zero-order valence-corrected chi connectivity index (χ0v) is 16.0. The molecule has 0 saturated carbocycles. The van der Waals surface area contributed by atoms with Gasteiger partial charge in [-0.15, -0.1) is 11.8 Å². The summed E-state index contributed by atoms with van der Waals surface area (Å²) < 4.78 is 0. The van der Waals surface area contributed by atoms with Gasteiger partial charge in [-0.2, -0.15) is 10.1 Å². The molecule has 1 aromatic rings. The van der Waals surface area contributed by atoms with Gasteiger partial charge in [-0.25, -0.2) is 4.98 Å². The van der Waals surface area contributed by atoms with Crippen molar-refractivity contribution in [3.05, 3.63) is 59.2 Å². The number of allylic oxidation sites excluding steroid dienone is 3. The van der Waals surface area contributed by atoms with Gasteiger partial charge >= 0.3 is 0 Å². The average molecular weight is 382 g/mol. The van der Waals surface area contributed by atoms with E-state index in [1.165, 1.54) is 5.57 Å². The van der Waals surface area contributed by atoms with Crippen LogP contribution in [0.2, 0.25) is 0 Å². The summed E-state index contributed by atoms with van der Waals surface area (Å²) in [5, 5.41) is 9.98. The lowest BCUT2D eigenvalue weighted by molar-refractivity contribution is -0.257. The number of pyridine rings is 1. The largest absolute Gasteiger partial charge is 0.366 e. The number of hydrogen-bond donors (Lipinski definition) is 0. The SMILES string of the molecule is N#Cc1cccnc1SCCN1CCN(C2=C3OOCC=C3CC=C2)CC1. The third-order valence-corrected chi connectivity index (χ3v) is 5.91. The van der Waals surface area contributed by atoms with Crippen LogP contribution in [0.1, 0.15) is 12.0 Å². The Labute approximate surface area is 163 Å². The van der Waals surface area contributed by atoms with E-state index in [-0.39, 0.29) is 0 Å². The van der Waals surface area contributed by atoms with E-state index in [1.54, 1.807) is 24.0 Å². The van der Waals surface area contributed by atoms with E-state index in [4.69, 9.17) is 15.0 Å². The van der Waals surface area contributed by atoms with Crippen molar-refractivity contribution in [2.45, 2.75) is 11.4 Å². The molecule has 0 amide bonds. The predicted molar refractivity (Wildman–Crippen MR) is 104 cm³/mol. The summed E-state index contributed by atoms with van der Waals surface area (Å²) in [4.78, 5) is 19.8. The maximum Gasteiger partial charge on any atom is 0.191 e. The quantitative estimate of drug-likeness (QED) is 0.573. The fourth-order valence-electron chi connectivity index (χ4n) is 3.45. The van der Waals surface area contributed by atoms with Crippen LogP contribution in [0.15, 0.2) is 58.6 Å². The molecule has 0 bridgehead atoms. The second-order valence-corrected chi connectivity index (χ2v) is 7.65. The van der Waals surface area contributed by atoms with Crippen molar-refractivity contribution in [1.82, 2.24) is 14.8 Å². The average Bonchev–Trinajstić information content (AvgIpc) is 2.74. The highest BCUT2D eigenvalue weighted by molar-refractivity contribution is 7.99. The number of nitrogens with zero attached hydrogens (tertiary/aromatic N) is 4. The van der Waals surface area contributed by atoms with E-state index >= 15 is 0 Å². The molecule has 0 radical (unpaired) electrons. The van der Waals surface area contributed by atoms with Crippen molar-refractivity contribution in [2.24, 2.45) is 0 Å². The number of piperazine rings is 1. The maximum absolute atomic E-state index is 9.15. The highest BCUT2D eigenvalue weighted by Gasteiger charge is 2.26. The molecule has 0 atom stereocenters. The smallest absolute Gasteiger partial charge is 0.191 e. The van der Waals surface area contributed by atoms with Crippen LogP contribution in [0.5, 0.6) is 0 Å². The van der Waals surface area contributed by atoms with E-state index in [9.17, 15) is 0 Å². The molecule has 140 valence electrons. The predicted octanol–water partition coefficient (Wildman–Crippen LogP) is 2.72. The van der Waals surface area contributed by atoms with Crippen LogP contribution in [0.4, 0.5) is 0 Å². The molecule has 7 heteroatoms. The molecule has 1 aliphatic carbocycles. The van der Waals surface area contributed by atoms with Crippen LogP contribution in [0.3, 0.4) is 0 Å². The van der Waals surface area contributed by atoms with Crippen molar-refractivity contribution in [2.75, 3.05) is 45.1 Å². The molecule has 3 aliphatic rings. The van der Waals surface area contributed by atoms with Crippen molar-refractivity contribution < 1.29 is 9.78 Å². The Bertz CT molecular complexity index is 820. The first-order chi connectivity index (χ1) is 13.3. The third kappa shape index (κ3) is 4.19. The number of thioether (sulfide) groups is 1. The number of nitriles is 1. The summed E-state index contributed by atoms with van der Waals surface area (Å²) in [5.74, 6) is 1.82. The Morgan fingerprint density at radius 2 is 2.15 bits per heavy atom. The van der Waals surface area contributed by atoms with Gasteiger partial charge in [-0.05, 0) is 30.7 Å². The monoisotopic (exact) mass is 382 g/mol. The van der Waals surface area contributed by atoms with Crippen molar-refractivity contribution in [1.29, 1.82) is 5.26 Å². The summed E-state index contributed by atoms with van der Waals surface area (Å²) in [6.07, 6.45) is 9.11. The van der Waals surface area contributed by atoms with E-state index in [2.05, 4.69) is 39.1 Å². The molecular weight excluding hydrogens is 360 g/mol. The summed E-state index contributed by atoms with van der Waals surface area (Å²) in [6.45, 7) is 5.48. The van der Waals surface area contributed by atoms with Crippen molar-refractivity contribution in [3.63, 3.8) is 0 Å². The Hall–Kier alpha value is -2.27. The van der Waals surface area contributed by atoms with Gasteiger partial charge in [0.25, 0.3) is 0 Å². The second-order valence-electron chi connectivity index (χ2n) is 6.56. The van der Waals surface area contributed by atoms with Crippen LogP contribution in [0.25, 0.3) is 0 Å². The minimum absolute atomic E-state index is 0.523. The summed E-state index contributed by atoms with van der Waals surface area (Å²) in [5.41, 5.74) is 3.01. The summed E-state index contributed by atoms with van der Waals surface area (Å²) in [6, 6.07) is 5.83. The van der Waals surface area contributed by atoms with E-state index in [1.807, 2.05) is 6.07 Å². The molecule has 0 N–H and O–H groups in total. The summed E-state index contributed by atoms with van der Waals surface area (Å²) in [7, 11) is 0. The van der Waals surface area contributed by atoms with Crippen LogP contribution < -0.4 is 0 Å². The Morgan fingerprint density at radius 3 is 3.00 bits per heavy atom. The molecule has 1 aromatic heterocycles. The fourth-order valence-corrected chi connectivity index (χ4v) is 4.40. The van der Waals surface area contributed by atoms with Crippen LogP contribution >= 0.6 is 11.8 Å². The van der Waals surface area contributed by atoms with Crippen LogP contribution in [-0.2, 0) is 9.78 Å². The van der Waals surface area contributed by atoms with Gasteiger partial charge in [0.2, 0.25) is 0 Å². The molecule has 6 nitrogen and oxygen atoms in total. The molecule has 2 aliphatic heterocycles. The van der Waals surface area contributed by atoms with Gasteiger partial charge in [-0.1, -0.05) is 6.08 Å². The van der Waals surface area contributed by atoms with Crippen LogP contribution in [0, 0.1) is 11.3 Å². The molecule has 1 fully saturated rings. The first-order valence-corrected chi connectivity index (χ1v) is 10.2. The number of fused-ring (bicyclic) bond motifs is 1. The number of aromatic nitrogens is 1. The van der Waals surface area contributed by atoms with Crippen molar-refractivity contribution in [3.8, 4) is 6.07 Å². The Morgan fingerprint density at radius 1 is 1.26 bits per heavy atom. The lowest BCUT2D eigenvalue weighted by Crippen LogP contribution is -2.46. The zero-order chi connectivity index (χ0) is 18.5. The highest BCUT2D eigenvalue weighted by atomic mass is 32.2. The van der Waals surface area contributed by atoms with E-state index in [0.29, 0.717) is 12.2 Å². The van der Waals surface area contributed by atoms with Gasteiger partial charge in [0.1, 0.15) is 17.7 Å². The molecule has 4 rings (SSSR count). The van der Waals surface area contributed by atoms with E-state index in [0.717, 1.165) is 61.4 Å². The van der Waals surface area contributed by atoms with Gasteiger partial charge in [-0.3, -0.25) is 4.90 Å². The van der Waals surface area contributed by atoms with Crippen molar-refractivity contribution >= 4 is 11.8 Å². The normalized spacial score (nSPS) is 20.0. The van der Waals surface area contributed by atoms with Gasteiger partial charge < -0.3 is 9.79 Å². The minimum atomic E-state index is 0.523. The zero-order valence-electron chi connectivity index (χ0n) is 15.1.